The lowest BCUT2D eigenvalue weighted by Crippen LogP contribution is -2.11. The van der Waals surface area contributed by atoms with Gasteiger partial charge in [0, 0.05) is 11.4 Å². The number of aromatic carboxylic acids is 1. The summed E-state index contributed by atoms with van der Waals surface area (Å²) in [5.74, 6) is -1.04. The van der Waals surface area contributed by atoms with Gasteiger partial charge in [0.1, 0.15) is 4.21 Å². The minimum atomic E-state index is -3.87. The monoisotopic (exact) mass is 349 g/mol. The van der Waals surface area contributed by atoms with E-state index < -0.39 is 16.0 Å². The maximum atomic E-state index is 12.2. The van der Waals surface area contributed by atoms with Crippen LogP contribution in [0.15, 0.2) is 52.1 Å². The Morgan fingerprint density at radius 3 is 2.61 bits per heavy atom. The zero-order chi connectivity index (χ0) is 16.4. The fraction of sp³-hybridized carbons (Fsp3) is 0. The molecule has 0 aliphatic heterocycles. The summed E-state index contributed by atoms with van der Waals surface area (Å²) >= 11 is 0.838. The molecule has 3 N–H and O–H groups in total. The Kier molecular flexibility index (Phi) is 3.89. The number of anilines is 1. The van der Waals surface area contributed by atoms with Crippen LogP contribution in [0, 0.1) is 0 Å². The molecule has 23 heavy (non-hydrogen) atoms. The van der Waals surface area contributed by atoms with Gasteiger partial charge >= 0.3 is 5.97 Å². The molecule has 118 valence electrons. The molecule has 2 heterocycles. The molecule has 0 aliphatic rings. The number of carboxylic acid groups (broad SMARTS) is 1. The summed E-state index contributed by atoms with van der Waals surface area (Å²) in [5.41, 5.74) is 1.47. The smallest absolute Gasteiger partial charge is 0.336 e. The second-order valence-electron chi connectivity index (χ2n) is 4.60. The largest absolute Gasteiger partial charge is 0.478 e. The van der Waals surface area contributed by atoms with Crippen LogP contribution >= 0.6 is 11.3 Å². The van der Waals surface area contributed by atoms with E-state index in [2.05, 4.69) is 14.9 Å². The molecule has 0 saturated heterocycles. The molecular formula is C14H11N3O4S2. The number of nitrogens with zero attached hydrogens (tertiary/aromatic N) is 1. The first-order chi connectivity index (χ1) is 11.0. The van der Waals surface area contributed by atoms with Gasteiger partial charge in [-0.25, -0.2) is 13.2 Å². The molecule has 0 aliphatic carbocycles. The normalized spacial score (nSPS) is 11.3. The number of hydrogen-bond donors (Lipinski definition) is 3. The average Bonchev–Trinajstić information content (AvgIpc) is 3.17. The summed E-state index contributed by atoms with van der Waals surface area (Å²) in [6.45, 7) is 0. The van der Waals surface area contributed by atoms with Crippen LogP contribution in [-0.4, -0.2) is 29.7 Å². The first kappa shape index (κ1) is 15.3. The lowest BCUT2D eigenvalue weighted by molar-refractivity contribution is 0.0697. The zero-order valence-corrected chi connectivity index (χ0v) is 13.2. The van der Waals surface area contributed by atoms with Gasteiger partial charge < -0.3 is 5.11 Å². The van der Waals surface area contributed by atoms with Crippen LogP contribution in [0.5, 0.6) is 0 Å². The minimum absolute atomic E-state index is 0.0672. The summed E-state index contributed by atoms with van der Waals surface area (Å²) < 4.78 is 26.7. The zero-order valence-electron chi connectivity index (χ0n) is 11.6. The highest BCUT2D eigenvalue weighted by molar-refractivity contribution is 7.94. The number of sulfonamides is 1. The molecular weight excluding hydrogens is 338 g/mol. The predicted molar refractivity (Wildman–Crippen MR) is 86.1 cm³/mol. The fourth-order valence-electron chi connectivity index (χ4n) is 1.90. The van der Waals surface area contributed by atoms with E-state index in [1.165, 1.54) is 5.38 Å². The van der Waals surface area contributed by atoms with Crippen LogP contribution in [0.2, 0.25) is 0 Å². The number of nitrogens with one attached hydrogen (secondary N) is 2. The van der Waals surface area contributed by atoms with E-state index in [1.807, 2.05) is 30.3 Å². The Morgan fingerprint density at radius 2 is 1.96 bits per heavy atom. The van der Waals surface area contributed by atoms with Crippen molar-refractivity contribution >= 4 is 33.1 Å². The van der Waals surface area contributed by atoms with Crippen molar-refractivity contribution in [3.8, 4) is 11.3 Å². The number of carbonyl (C=O) groups is 1. The molecule has 3 aromatic rings. The molecule has 0 fully saturated rings. The number of benzene rings is 1. The molecule has 3 rings (SSSR count). The highest BCUT2D eigenvalue weighted by Crippen LogP contribution is 2.24. The third-order valence-electron chi connectivity index (χ3n) is 2.99. The summed E-state index contributed by atoms with van der Waals surface area (Å²) in [7, 11) is -3.87. The SMILES string of the molecule is O=C(O)c1csc(S(=O)(=O)Nc2cc(-c3ccccc3)[nH]n2)c1. The van der Waals surface area contributed by atoms with Crippen LogP contribution in [0.4, 0.5) is 5.82 Å². The Morgan fingerprint density at radius 1 is 1.22 bits per heavy atom. The molecule has 0 unspecified atom stereocenters. The molecule has 0 amide bonds. The van der Waals surface area contributed by atoms with Gasteiger partial charge in [0.2, 0.25) is 0 Å². The second-order valence-corrected chi connectivity index (χ2v) is 7.42. The van der Waals surface area contributed by atoms with Crippen LogP contribution in [0.25, 0.3) is 11.3 Å². The van der Waals surface area contributed by atoms with E-state index in [4.69, 9.17) is 5.11 Å². The molecule has 0 bridgehead atoms. The maximum Gasteiger partial charge on any atom is 0.336 e. The number of rotatable bonds is 5. The molecule has 0 spiro atoms. The quantitative estimate of drug-likeness (QED) is 0.655. The highest BCUT2D eigenvalue weighted by atomic mass is 32.2. The molecule has 9 heteroatoms. The summed E-state index contributed by atoms with van der Waals surface area (Å²) in [6.07, 6.45) is 0. The minimum Gasteiger partial charge on any atom is -0.478 e. The van der Waals surface area contributed by atoms with Crippen LogP contribution < -0.4 is 4.72 Å². The van der Waals surface area contributed by atoms with Gasteiger partial charge in [-0.05, 0) is 11.6 Å². The van der Waals surface area contributed by atoms with E-state index in [0.29, 0.717) is 5.69 Å². The van der Waals surface area contributed by atoms with E-state index in [9.17, 15) is 13.2 Å². The van der Waals surface area contributed by atoms with E-state index in [1.54, 1.807) is 6.07 Å². The van der Waals surface area contributed by atoms with Gasteiger partial charge in [-0.15, -0.1) is 11.3 Å². The van der Waals surface area contributed by atoms with Gasteiger partial charge in [0.25, 0.3) is 10.0 Å². The highest BCUT2D eigenvalue weighted by Gasteiger charge is 2.20. The number of thiophene rings is 1. The van der Waals surface area contributed by atoms with Crippen LogP contribution in [0.1, 0.15) is 10.4 Å². The molecule has 0 atom stereocenters. The van der Waals surface area contributed by atoms with Crippen molar-refractivity contribution in [3.63, 3.8) is 0 Å². The molecule has 0 radical (unpaired) electrons. The first-order valence-corrected chi connectivity index (χ1v) is 8.77. The third-order valence-corrected chi connectivity index (χ3v) is 5.78. The third kappa shape index (κ3) is 3.25. The number of aromatic nitrogens is 2. The summed E-state index contributed by atoms with van der Waals surface area (Å²) in [4.78, 5) is 10.8. The fourth-order valence-corrected chi connectivity index (χ4v) is 4.04. The second kappa shape index (κ2) is 5.86. The number of carboxylic acids is 1. The standard InChI is InChI=1S/C14H11N3O4S2/c18-14(19)10-6-13(22-8-10)23(20,21)17-12-7-11(15-16-12)9-4-2-1-3-5-9/h1-8H,(H,18,19)(H2,15,16,17). The number of hydrogen-bond acceptors (Lipinski definition) is 5. The molecule has 2 aromatic heterocycles. The van der Waals surface area contributed by atoms with Crippen molar-refractivity contribution in [1.82, 2.24) is 10.2 Å². The van der Waals surface area contributed by atoms with Crippen molar-refractivity contribution in [2.75, 3.05) is 4.72 Å². The van der Waals surface area contributed by atoms with Crippen molar-refractivity contribution < 1.29 is 18.3 Å². The molecule has 0 saturated carbocycles. The van der Waals surface area contributed by atoms with Gasteiger partial charge in [-0.1, -0.05) is 30.3 Å². The topological polar surface area (TPSA) is 112 Å². The van der Waals surface area contributed by atoms with Gasteiger partial charge in [-0.2, -0.15) is 5.10 Å². The Bertz CT molecular complexity index is 945. The lowest BCUT2D eigenvalue weighted by atomic mass is 10.2. The van der Waals surface area contributed by atoms with Crippen molar-refractivity contribution in [3.05, 3.63) is 53.4 Å². The maximum absolute atomic E-state index is 12.2. The molecule has 1 aromatic carbocycles. The van der Waals surface area contributed by atoms with E-state index >= 15 is 0 Å². The number of aromatic amines is 1. The summed E-state index contributed by atoms with van der Waals surface area (Å²) in [6, 6.07) is 12.0. The van der Waals surface area contributed by atoms with Gasteiger partial charge in [-0.3, -0.25) is 9.82 Å². The number of H-pyrrole nitrogens is 1. The van der Waals surface area contributed by atoms with Gasteiger partial charge in [0.15, 0.2) is 5.82 Å². The predicted octanol–water partition coefficient (Wildman–Crippen LogP) is 2.64. The van der Waals surface area contributed by atoms with E-state index in [-0.39, 0.29) is 15.6 Å². The van der Waals surface area contributed by atoms with Crippen LogP contribution in [-0.2, 0) is 10.0 Å². The van der Waals surface area contributed by atoms with Crippen molar-refractivity contribution in [2.45, 2.75) is 4.21 Å². The van der Waals surface area contributed by atoms with Gasteiger partial charge in [0.05, 0.1) is 11.3 Å². The Balaban J connectivity index is 1.83. The molecule has 7 nitrogen and oxygen atoms in total. The van der Waals surface area contributed by atoms with Crippen LogP contribution in [0.3, 0.4) is 0 Å². The lowest BCUT2D eigenvalue weighted by Gasteiger charge is -2.01. The summed E-state index contributed by atoms with van der Waals surface area (Å²) in [5, 5.41) is 16.8. The Hall–Kier alpha value is -2.65. The van der Waals surface area contributed by atoms with E-state index in [0.717, 1.165) is 23.0 Å². The van der Waals surface area contributed by atoms with Crippen molar-refractivity contribution in [2.24, 2.45) is 0 Å². The average molecular weight is 349 g/mol. The van der Waals surface area contributed by atoms with Crippen molar-refractivity contribution in [1.29, 1.82) is 0 Å². The Labute approximate surface area is 135 Å². The first-order valence-electron chi connectivity index (χ1n) is 6.41.